The molecule has 2 fully saturated rings. The lowest BCUT2D eigenvalue weighted by Crippen LogP contribution is -2.50. The van der Waals surface area contributed by atoms with Gasteiger partial charge in [-0.25, -0.2) is 8.78 Å². The van der Waals surface area contributed by atoms with Gasteiger partial charge in [0.05, 0.1) is 6.54 Å². The van der Waals surface area contributed by atoms with Gasteiger partial charge in [-0.3, -0.25) is 9.59 Å². The van der Waals surface area contributed by atoms with Gasteiger partial charge in [-0.1, -0.05) is 13.8 Å². The maximum atomic E-state index is 13.5. The Hall–Kier alpha value is -1.98. The number of benzene rings is 1. The van der Waals surface area contributed by atoms with E-state index in [0.717, 1.165) is 18.6 Å². The van der Waals surface area contributed by atoms with Crippen LogP contribution in [0.2, 0.25) is 0 Å². The number of Topliss-reactive ketones (excluding diaryl/α,β-unsaturated/α-hetero) is 1. The van der Waals surface area contributed by atoms with Gasteiger partial charge >= 0.3 is 0 Å². The Balaban J connectivity index is 1.57. The van der Waals surface area contributed by atoms with E-state index in [4.69, 9.17) is 4.74 Å². The van der Waals surface area contributed by atoms with Crippen molar-refractivity contribution < 1.29 is 23.1 Å². The summed E-state index contributed by atoms with van der Waals surface area (Å²) in [5.74, 6) is -1.51. The number of amides is 1. The maximum Gasteiger partial charge on any atom is 0.234 e. The van der Waals surface area contributed by atoms with E-state index in [0.29, 0.717) is 12.8 Å². The van der Waals surface area contributed by atoms with Crippen LogP contribution >= 0.6 is 0 Å². The van der Waals surface area contributed by atoms with Crippen molar-refractivity contribution in [1.82, 2.24) is 5.32 Å². The lowest BCUT2D eigenvalue weighted by atomic mass is 9.68. The molecule has 130 valence electrons. The second-order valence-corrected chi connectivity index (χ2v) is 7.17. The molecule has 3 rings (SSSR count). The molecule has 1 aromatic rings. The summed E-state index contributed by atoms with van der Waals surface area (Å²) in [6.45, 7) is 4.17. The van der Waals surface area contributed by atoms with E-state index in [1.165, 1.54) is 6.07 Å². The predicted molar refractivity (Wildman–Crippen MR) is 83.4 cm³/mol. The number of nitrogens with one attached hydrogen (secondary N) is 1. The number of carbonyl (C=O) groups excluding carboxylic acids is 2. The number of hydrogen-bond acceptors (Lipinski definition) is 3. The lowest BCUT2D eigenvalue weighted by Gasteiger charge is -2.34. The summed E-state index contributed by atoms with van der Waals surface area (Å²) in [4.78, 5) is 25.0. The van der Waals surface area contributed by atoms with Crippen LogP contribution in [0.4, 0.5) is 8.78 Å². The molecule has 2 saturated carbocycles. The van der Waals surface area contributed by atoms with Crippen LogP contribution in [0.25, 0.3) is 0 Å². The van der Waals surface area contributed by atoms with Crippen LogP contribution in [0.3, 0.4) is 0 Å². The predicted octanol–water partition coefficient (Wildman–Crippen LogP) is 2.86. The minimum atomic E-state index is -0.946. The summed E-state index contributed by atoms with van der Waals surface area (Å²) in [6.07, 6.45) is 1.95. The van der Waals surface area contributed by atoms with Gasteiger partial charge in [0, 0.05) is 12.5 Å². The number of halogens is 2. The van der Waals surface area contributed by atoms with Gasteiger partial charge in [0.15, 0.2) is 11.6 Å². The molecule has 1 N–H and O–H groups in total. The van der Waals surface area contributed by atoms with E-state index in [9.17, 15) is 18.4 Å². The van der Waals surface area contributed by atoms with Crippen molar-refractivity contribution >= 4 is 11.7 Å². The highest BCUT2D eigenvalue weighted by Gasteiger charge is 2.67. The third-order valence-electron chi connectivity index (χ3n) is 5.82. The molecule has 0 radical (unpaired) electrons. The molecule has 0 spiro atoms. The normalized spacial score (nSPS) is 27.3. The number of ether oxygens (including phenoxy) is 1. The maximum absolute atomic E-state index is 13.5. The summed E-state index contributed by atoms with van der Waals surface area (Å²) in [5, 5.41) is 2.75. The minimum Gasteiger partial charge on any atom is -0.489 e. The highest BCUT2D eigenvalue weighted by molar-refractivity contribution is 6.09. The number of fused-ring (bicyclic) bond motifs is 2. The SMILES string of the molecule is CC1(C)C2CCC1(C(=O)NCCOc1ccc(F)cc1F)C(=O)C2. The highest BCUT2D eigenvalue weighted by atomic mass is 19.1. The van der Waals surface area contributed by atoms with Crippen molar-refractivity contribution in [1.29, 1.82) is 0 Å². The van der Waals surface area contributed by atoms with E-state index in [1.54, 1.807) is 0 Å². The summed E-state index contributed by atoms with van der Waals surface area (Å²) in [7, 11) is 0. The molecular weight excluding hydrogens is 316 g/mol. The number of ketones is 1. The summed E-state index contributed by atoms with van der Waals surface area (Å²) < 4.78 is 31.5. The van der Waals surface area contributed by atoms with Crippen molar-refractivity contribution in [2.75, 3.05) is 13.2 Å². The summed E-state index contributed by atoms with van der Waals surface area (Å²) in [6, 6.07) is 3.05. The first kappa shape index (κ1) is 16.9. The molecule has 0 aromatic heterocycles. The van der Waals surface area contributed by atoms with Gasteiger partial charge in [0.1, 0.15) is 23.6 Å². The van der Waals surface area contributed by atoms with E-state index in [2.05, 4.69) is 5.32 Å². The third-order valence-corrected chi connectivity index (χ3v) is 5.82. The van der Waals surface area contributed by atoms with E-state index in [-0.39, 0.29) is 41.9 Å². The van der Waals surface area contributed by atoms with Crippen molar-refractivity contribution in [3.63, 3.8) is 0 Å². The van der Waals surface area contributed by atoms with Gasteiger partial charge in [-0.15, -0.1) is 0 Å². The summed E-state index contributed by atoms with van der Waals surface area (Å²) >= 11 is 0. The van der Waals surface area contributed by atoms with Crippen molar-refractivity contribution in [2.24, 2.45) is 16.7 Å². The number of carbonyl (C=O) groups is 2. The Kier molecular flexibility index (Phi) is 4.10. The first-order valence-electron chi connectivity index (χ1n) is 8.18. The molecule has 2 unspecified atom stereocenters. The van der Waals surface area contributed by atoms with Crippen molar-refractivity contribution in [2.45, 2.75) is 33.1 Å². The van der Waals surface area contributed by atoms with Gasteiger partial charge in [-0.05, 0) is 36.3 Å². The van der Waals surface area contributed by atoms with Crippen LogP contribution in [-0.4, -0.2) is 24.8 Å². The Labute approximate surface area is 139 Å². The average molecular weight is 337 g/mol. The second kappa shape index (κ2) is 5.83. The van der Waals surface area contributed by atoms with Crippen molar-refractivity contribution in [3.8, 4) is 5.75 Å². The largest absolute Gasteiger partial charge is 0.489 e. The fourth-order valence-electron chi connectivity index (χ4n) is 4.28. The van der Waals surface area contributed by atoms with Gasteiger partial charge in [0.25, 0.3) is 0 Å². The molecule has 4 nitrogen and oxygen atoms in total. The van der Waals surface area contributed by atoms with Crippen LogP contribution in [-0.2, 0) is 9.59 Å². The fourth-order valence-corrected chi connectivity index (χ4v) is 4.28. The number of hydrogen-bond donors (Lipinski definition) is 1. The van der Waals surface area contributed by atoms with Crippen LogP contribution in [0.15, 0.2) is 18.2 Å². The van der Waals surface area contributed by atoms with Crippen LogP contribution < -0.4 is 10.1 Å². The smallest absolute Gasteiger partial charge is 0.234 e. The molecule has 2 bridgehead atoms. The molecule has 0 heterocycles. The van der Waals surface area contributed by atoms with Crippen LogP contribution in [0, 0.1) is 28.4 Å². The first-order chi connectivity index (χ1) is 11.3. The minimum absolute atomic E-state index is 0.0201. The molecule has 6 heteroatoms. The standard InChI is InChI=1S/C18H21F2NO3/c1-17(2)11-5-6-18(17,15(22)9-11)16(23)21-7-8-24-14-4-3-12(19)10-13(14)20/h3-4,10-11H,5-9H2,1-2H3,(H,21,23). The van der Waals surface area contributed by atoms with Gasteiger partial charge in [0.2, 0.25) is 5.91 Å². The molecule has 0 saturated heterocycles. The highest BCUT2D eigenvalue weighted by Crippen LogP contribution is 2.63. The zero-order chi connectivity index (χ0) is 17.5. The zero-order valence-electron chi connectivity index (χ0n) is 13.8. The topological polar surface area (TPSA) is 55.4 Å². The Bertz CT molecular complexity index is 689. The average Bonchev–Trinajstić information content (AvgIpc) is 2.88. The summed E-state index contributed by atoms with van der Waals surface area (Å²) in [5.41, 5.74) is -1.28. The molecular formula is C18H21F2NO3. The third kappa shape index (κ3) is 2.39. The van der Waals surface area contributed by atoms with Crippen molar-refractivity contribution in [3.05, 3.63) is 29.8 Å². The zero-order valence-corrected chi connectivity index (χ0v) is 13.8. The lowest BCUT2D eigenvalue weighted by molar-refractivity contribution is -0.145. The molecule has 2 aliphatic rings. The van der Waals surface area contributed by atoms with Crippen LogP contribution in [0.5, 0.6) is 5.75 Å². The first-order valence-corrected chi connectivity index (χ1v) is 8.18. The Morgan fingerprint density at radius 3 is 2.71 bits per heavy atom. The van der Waals surface area contributed by atoms with Gasteiger partial charge in [-0.2, -0.15) is 0 Å². The molecule has 24 heavy (non-hydrogen) atoms. The molecule has 1 amide bonds. The van der Waals surface area contributed by atoms with E-state index >= 15 is 0 Å². The number of rotatable bonds is 5. The quantitative estimate of drug-likeness (QED) is 0.664. The second-order valence-electron chi connectivity index (χ2n) is 7.17. The fraction of sp³-hybridized carbons (Fsp3) is 0.556. The molecule has 1 aromatic carbocycles. The molecule has 0 aliphatic heterocycles. The van der Waals surface area contributed by atoms with Gasteiger partial charge < -0.3 is 10.1 Å². The van der Waals surface area contributed by atoms with Crippen LogP contribution in [0.1, 0.15) is 33.1 Å². The molecule has 2 aliphatic carbocycles. The van der Waals surface area contributed by atoms with E-state index < -0.39 is 17.0 Å². The Morgan fingerprint density at radius 1 is 1.38 bits per heavy atom. The van der Waals surface area contributed by atoms with E-state index in [1.807, 2.05) is 13.8 Å². The Morgan fingerprint density at radius 2 is 2.12 bits per heavy atom. The molecule has 2 atom stereocenters. The monoisotopic (exact) mass is 337 g/mol.